The van der Waals surface area contributed by atoms with Gasteiger partial charge in [-0.3, -0.25) is 33.7 Å². The molecule has 2 aliphatic heterocycles. The number of aromatic nitrogens is 6. The van der Waals surface area contributed by atoms with E-state index in [-0.39, 0.29) is 23.3 Å². The molecule has 0 radical (unpaired) electrons. The van der Waals surface area contributed by atoms with Crippen molar-refractivity contribution < 1.29 is 28.9 Å². The smallest absolute Gasteiger partial charge is 0.360 e. The predicted octanol–water partition coefficient (Wildman–Crippen LogP) is 9.60. The van der Waals surface area contributed by atoms with Crippen molar-refractivity contribution in [3.05, 3.63) is 152 Å². The zero-order valence-corrected chi connectivity index (χ0v) is 40.7. The fraction of sp³-hybridized carbons (Fsp3) is 0.321. The molecule has 0 saturated carbocycles. The van der Waals surface area contributed by atoms with E-state index in [4.69, 9.17) is 14.2 Å². The summed E-state index contributed by atoms with van der Waals surface area (Å²) in [6.07, 6.45) is 11.0. The van der Waals surface area contributed by atoms with E-state index in [1.165, 1.54) is 0 Å². The first kappa shape index (κ1) is 48.7. The average molecular weight is 967 g/mol. The fourth-order valence-corrected chi connectivity index (χ4v) is 10.7. The Morgan fingerprint density at radius 2 is 1.19 bits per heavy atom. The molecule has 0 spiro atoms. The SMILES string of the molecule is COc1cc2nccc(Oc3ccc(CC(=O)c4nn(CC5CCSCC5)cc(-c5ccc(C)cc5)c4=O)nc3)c2cc1OC.Cc1ccc(-c2cn(CC3CCSCC3)nc(C(=O)O)c2=O)cc1. The van der Waals surface area contributed by atoms with Crippen LogP contribution < -0.4 is 25.1 Å². The Kier molecular flexibility index (Phi) is 15.9. The van der Waals surface area contributed by atoms with Crippen molar-refractivity contribution in [1.82, 2.24) is 29.5 Å². The largest absolute Gasteiger partial charge is 0.493 e. The van der Waals surface area contributed by atoms with Crippen LogP contribution in [0.15, 0.2) is 113 Å². The van der Waals surface area contributed by atoms with E-state index in [1.807, 2.05) is 92.0 Å². The predicted molar refractivity (Wildman–Crippen MR) is 272 cm³/mol. The number of thioether (sulfide) groups is 2. The summed E-state index contributed by atoms with van der Waals surface area (Å²) in [7, 11) is 3.15. The molecule has 0 atom stereocenters. The van der Waals surface area contributed by atoms with Crippen molar-refractivity contribution in [2.75, 3.05) is 37.2 Å². The summed E-state index contributed by atoms with van der Waals surface area (Å²) in [5.41, 5.74) is 4.40. The number of pyridine rings is 2. The molecule has 0 aliphatic carbocycles. The number of ketones is 1. The van der Waals surface area contributed by atoms with Crippen LogP contribution in [-0.4, -0.2) is 83.6 Å². The standard InChI is InChI=1S/C35H34N4O5S.C18H20N2O3S/c1-22-4-6-24(7-5-22)28-21-39(20-23-11-14-45-15-12-23)38-34(35(28)41)30(40)16-25-8-9-26(19-37-25)44-31-10-13-36-29-18-33(43-3)32(42-2)17-27(29)31;1-12-2-4-14(5-3-12)15-11-20(10-13-6-8-24-9-7-13)19-16(17(15)21)18(22)23/h4-10,13,17-19,21,23H,11-12,14-16,20H2,1-3H3;2-5,11,13H,6-10H2,1H3,(H,22,23). The third-order valence-electron chi connectivity index (χ3n) is 12.3. The maximum atomic E-state index is 13.6. The Labute approximate surface area is 408 Å². The minimum Gasteiger partial charge on any atom is -0.493 e. The van der Waals surface area contributed by atoms with Gasteiger partial charge < -0.3 is 19.3 Å². The number of aryl methyl sites for hydroxylation is 2. The number of hydrogen-bond acceptors (Lipinski definition) is 13. The number of fused-ring (bicyclic) bond motifs is 1. The molecule has 0 amide bonds. The van der Waals surface area contributed by atoms with Crippen LogP contribution in [0.1, 0.15) is 63.5 Å². The van der Waals surface area contributed by atoms with Gasteiger partial charge >= 0.3 is 5.97 Å². The van der Waals surface area contributed by atoms with Gasteiger partial charge in [0.15, 0.2) is 23.0 Å². The number of benzene rings is 3. The van der Waals surface area contributed by atoms with Gasteiger partial charge in [0, 0.05) is 60.0 Å². The number of methoxy groups -OCH3 is 2. The lowest BCUT2D eigenvalue weighted by molar-refractivity contribution is 0.0685. The van der Waals surface area contributed by atoms with E-state index in [0.29, 0.717) is 70.3 Å². The molecule has 0 bridgehead atoms. The molecular weight excluding hydrogens is 913 g/mol. The molecule has 7 aromatic rings. The third-order valence-corrected chi connectivity index (χ3v) is 14.4. The van der Waals surface area contributed by atoms with Gasteiger partial charge in [-0.05, 0) is 110 Å². The Balaban J connectivity index is 0.000000225. The summed E-state index contributed by atoms with van der Waals surface area (Å²) in [5.74, 6) is 5.98. The van der Waals surface area contributed by atoms with Crippen LogP contribution in [0.3, 0.4) is 0 Å². The van der Waals surface area contributed by atoms with E-state index in [0.717, 1.165) is 76.3 Å². The van der Waals surface area contributed by atoms with Crippen molar-refractivity contribution in [1.29, 1.82) is 0 Å². The highest BCUT2D eigenvalue weighted by molar-refractivity contribution is 7.99. The zero-order valence-electron chi connectivity index (χ0n) is 39.1. The molecule has 14 nitrogen and oxygen atoms in total. The van der Waals surface area contributed by atoms with E-state index in [2.05, 4.69) is 20.2 Å². The minimum atomic E-state index is -1.28. The van der Waals surface area contributed by atoms with Gasteiger partial charge in [0.2, 0.25) is 16.6 Å². The van der Waals surface area contributed by atoms with Crippen molar-refractivity contribution in [3.63, 3.8) is 0 Å². The summed E-state index contributed by atoms with van der Waals surface area (Å²) in [6, 6.07) is 24.1. The lowest BCUT2D eigenvalue weighted by Gasteiger charge is -2.22. The summed E-state index contributed by atoms with van der Waals surface area (Å²) in [6.45, 7) is 5.30. The second-order valence-electron chi connectivity index (χ2n) is 17.3. The lowest BCUT2D eigenvalue weighted by atomic mass is 10.0. The van der Waals surface area contributed by atoms with Gasteiger partial charge in [-0.15, -0.1) is 0 Å². The molecule has 2 fully saturated rings. The highest BCUT2D eigenvalue weighted by atomic mass is 32.2. The van der Waals surface area contributed by atoms with E-state index >= 15 is 0 Å². The number of aromatic carboxylic acids is 1. The molecule has 1 N–H and O–H groups in total. The lowest BCUT2D eigenvalue weighted by Crippen LogP contribution is -2.27. The maximum Gasteiger partial charge on any atom is 0.360 e. The number of carboxylic acids is 1. The summed E-state index contributed by atoms with van der Waals surface area (Å²) >= 11 is 3.91. The molecule has 69 heavy (non-hydrogen) atoms. The number of Topliss-reactive ketones (excluding diaryl/α,β-unsaturated/α-hetero) is 1. The number of nitrogens with zero attached hydrogens (tertiary/aromatic N) is 6. The molecule has 2 saturated heterocycles. The monoisotopic (exact) mass is 966 g/mol. The second kappa shape index (κ2) is 22.6. The van der Waals surface area contributed by atoms with Gasteiger partial charge in [0.1, 0.15) is 11.5 Å². The van der Waals surface area contributed by atoms with Gasteiger partial charge in [0.25, 0.3) is 0 Å². The number of ether oxygens (including phenoxy) is 3. The van der Waals surface area contributed by atoms with Crippen molar-refractivity contribution >= 4 is 46.2 Å². The Morgan fingerprint density at radius 1 is 0.667 bits per heavy atom. The molecule has 16 heteroatoms. The molecule has 0 unspecified atom stereocenters. The highest BCUT2D eigenvalue weighted by Gasteiger charge is 2.23. The molecule has 9 rings (SSSR count). The number of hydrogen-bond donors (Lipinski definition) is 1. The first-order valence-electron chi connectivity index (χ1n) is 22.9. The van der Waals surface area contributed by atoms with Gasteiger partial charge in [0.05, 0.1) is 32.4 Å². The van der Waals surface area contributed by atoms with E-state index in [9.17, 15) is 24.3 Å². The molecule has 3 aromatic carbocycles. The van der Waals surface area contributed by atoms with Crippen LogP contribution in [0, 0.1) is 25.7 Å². The third kappa shape index (κ3) is 12.1. The zero-order chi connectivity index (χ0) is 48.4. The Morgan fingerprint density at radius 3 is 1.70 bits per heavy atom. The Bertz CT molecular complexity index is 3060. The molecular formula is C53H54N6O8S2. The van der Waals surface area contributed by atoms with Gasteiger partial charge in [-0.2, -0.15) is 33.7 Å². The normalized spacial score (nSPS) is 14.1. The second-order valence-corrected chi connectivity index (χ2v) is 19.7. The van der Waals surface area contributed by atoms with Crippen LogP contribution in [-0.2, 0) is 19.5 Å². The first-order valence-corrected chi connectivity index (χ1v) is 25.2. The van der Waals surface area contributed by atoms with Gasteiger partial charge in [-0.1, -0.05) is 59.7 Å². The number of carbonyl (C=O) groups excluding carboxylic acids is 1. The van der Waals surface area contributed by atoms with Gasteiger partial charge in [-0.25, -0.2) is 4.79 Å². The van der Waals surface area contributed by atoms with Crippen molar-refractivity contribution in [2.24, 2.45) is 11.8 Å². The van der Waals surface area contributed by atoms with E-state index in [1.54, 1.807) is 72.6 Å². The summed E-state index contributed by atoms with van der Waals surface area (Å²) < 4.78 is 20.4. The number of carboxylic acid groups (broad SMARTS) is 1. The molecule has 6 heterocycles. The van der Waals surface area contributed by atoms with Crippen LogP contribution in [0.4, 0.5) is 0 Å². The molecule has 356 valence electrons. The van der Waals surface area contributed by atoms with Crippen LogP contribution >= 0.6 is 23.5 Å². The number of carbonyl (C=O) groups is 2. The number of rotatable bonds is 14. The minimum absolute atomic E-state index is 0.0604. The molecule has 2 aliphatic rings. The van der Waals surface area contributed by atoms with Crippen LogP contribution in [0.5, 0.6) is 23.0 Å². The van der Waals surface area contributed by atoms with Crippen LogP contribution in [0.25, 0.3) is 33.2 Å². The fourth-order valence-electron chi connectivity index (χ4n) is 8.34. The van der Waals surface area contributed by atoms with E-state index < -0.39 is 17.1 Å². The quantitative estimate of drug-likeness (QED) is 0.102. The Hall–Kier alpha value is -6.78. The summed E-state index contributed by atoms with van der Waals surface area (Å²) in [5, 5.41) is 18.7. The van der Waals surface area contributed by atoms with Crippen molar-refractivity contribution in [3.8, 4) is 45.3 Å². The van der Waals surface area contributed by atoms with Crippen LogP contribution in [0.2, 0.25) is 0 Å². The highest BCUT2D eigenvalue weighted by Crippen LogP contribution is 2.37. The maximum absolute atomic E-state index is 13.6. The topological polar surface area (TPSA) is 178 Å². The first-order chi connectivity index (χ1) is 33.5. The van der Waals surface area contributed by atoms with Crippen molar-refractivity contribution in [2.45, 2.75) is 59.0 Å². The average Bonchev–Trinajstić information content (AvgIpc) is 3.36. The summed E-state index contributed by atoms with van der Waals surface area (Å²) in [4.78, 5) is 60.0. The molecule has 4 aromatic heterocycles.